The van der Waals surface area contributed by atoms with E-state index in [4.69, 9.17) is 0 Å². The van der Waals surface area contributed by atoms with Crippen LogP contribution in [0.2, 0.25) is 0 Å². The summed E-state index contributed by atoms with van der Waals surface area (Å²) >= 11 is 0. The second-order valence-electron chi connectivity index (χ2n) is 4.48. The van der Waals surface area contributed by atoms with Crippen LogP contribution in [-0.4, -0.2) is 37.6 Å². The molecule has 0 fully saturated rings. The zero-order valence-corrected chi connectivity index (χ0v) is 11.0. The van der Waals surface area contributed by atoms with Gasteiger partial charge in [-0.2, -0.15) is 0 Å². The summed E-state index contributed by atoms with van der Waals surface area (Å²) in [6.45, 7) is 13.9. The Labute approximate surface area is 95.7 Å². The molecular formula is C13H28N2. The summed E-state index contributed by atoms with van der Waals surface area (Å²) in [5.41, 5.74) is 1.29. The van der Waals surface area contributed by atoms with Crippen LogP contribution in [0.25, 0.3) is 0 Å². The van der Waals surface area contributed by atoms with Crippen LogP contribution in [0.15, 0.2) is 12.2 Å². The number of nitrogens with zero attached hydrogens (tertiary/aromatic N) is 1. The average Bonchev–Trinajstić information content (AvgIpc) is 2.18. The molecule has 1 N–H and O–H groups in total. The molecule has 15 heavy (non-hydrogen) atoms. The van der Waals surface area contributed by atoms with Gasteiger partial charge in [-0.25, -0.2) is 0 Å². The highest BCUT2D eigenvalue weighted by Gasteiger charge is 2.08. The van der Waals surface area contributed by atoms with Crippen LogP contribution in [0.3, 0.4) is 0 Å². The van der Waals surface area contributed by atoms with Gasteiger partial charge >= 0.3 is 0 Å². The summed E-state index contributed by atoms with van der Waals surface area (Å²) in [6, 6.07) is 0.665. The summed E-state index contributed by atoms with van der Waals surface area (Å²) in [6.07, 6.45) is 3.72. The van der Waals surface area contributed by atoms with Crippen LogP contribution in [0.5, 0.6) is 0 Å². The predicted molar refractivity (Wildman–Crippen MR) is 69.3 cm³/mol. The van der Waals surface area contributed by atoms with Crippen molar-refractivity contribution in [2.75, 3.05) is 26.7 Å². The second-order valence-corrected chi connectivity index (χ2v) is 4.48. The Morgan fingerprint density at radius 3 is 2.53 bits per heavy atom. The Morgan fingerprint density at radius 1 is 1.33 bits per heavy atom. The van der Waals surface area contributed by atoms with E-state index >= 15 is 0 Å². The fourth-order valence-corrected chi connectivity index (χ4v) is 1.64. The summed E-state index contributed by atoms with van der Waals surface area (Å²) in [4.78, 5) is 2.39. The van der Waals surface area contributed by atoms with E-state index in [1.165, 1.54) is 24.8 Å². The largest absolute Gasteiger partial charge is 0.313 e. The topological polar surface area (TPSA) is 15.3 Å². The van der Waals surface area contributed by atoms with E-state index in [1.807, 2.05) is 0 Å². The molecule has 0 aromatic carbocycles. The lowest BCUT2D eigenvalue weighted by Crippen LogP contribution is -2.32. The first-order chi connectivity index (χ1) is 7.11. The van der Waals surface area contributed by atoms with Crippen LogP contribution in [-0.2, 0) is 0 Å². The van der Waals surface area contributed by atoms with Gasteiger partial charge in [-0.05, 0) is 38.9 Å². The maximum atomic E-state index is 4.10. The van der Waals surface area contributed by atoms with Crippen molar-refractivity contribution >= 4 is 0 Å². The van der Waals surface area contributed by atoms with E-state index in [0.717, 1.165) is 19.6 Å². The Kier molecular flexibility index (Phi) is 8.73. The molecule has 0 heterocycles. The number of likely N-dealkylation sites (N-methyl/N-ethyl adjacent to an activating group) is 1. The Hall–Kier alpha value is -0.340. The maximum Gasteiger partial charge on any atom is 0.0202 e. The highest BCUT2D eigenvalue weighted by molar-refractivity contribution is 4.99. The molecule has 1 unspecified atom stereocenters. The molecule has 0 rings (SSSR count). The molecule has 0 aromatic rings. The van der Waals surface area contributed by atoms with E-state index in [0.29, 0.717) is 6.04 Å². The smallest absolute Gasteiger partial charge is 0.0202 e. The van der Waals surface area contributed by atoms with Gasteiger partial charge in [-0.1, -0.05) is 26.8 Å². The quantitative estimate of drug-likeness (QED) is 0.467. The SMILES string of the molecule is C=C(CNCCC)CN(C)C(C)CCC. The molecule has 0 aliphatic heterocycles. The fraction of sp³-hybridized carbons (Fsp3) is 0.846. The monoisotopic (exact) mass is 212 g/mol. The number of hydrogen-bond acceptors (Lipinski definition) is 2. The van der Waals surface area contributed by atoms with Crippen LogP contribution in [0, 0.1) is 0 Å². The lowest BCUT2D eigenvalue weighted by molar-refractivity contribution is 0.262. The highest BCUT2D eigenvalue weighted by Crippen LogP contribution is 2.05. The molecule has 0 spiro atoms. The molecule has 1 atom stereocenters. The van der Waals surface area contributed by atoms with Crippen LogP contribution in [0.1, 0.15) is 40.0 Å². The number of hydrogen-bond donors (Lipinski definition) is 1. The minimum absolute atomic E-state index is 0.665. The minimum Gasteiger partial charge on any atom is -0.313 e. The molecule has 0 radical (unpaired) electrons. The van der Waals surface area contributed by atoms with Crippen LogP contribution < -0.4 is 5.32 Å². The first-order valence-corrected chi connectivity index (χ1v) is 6.19. The van der Waals surface area contributed by atoms with E-state index in [2.05, 4.69) is 44.6 Å². The van der Waals surface area contributed by atoms with Crippen molar-refractivity contribution < 1.29 is 0 Å². The van der Waals surface area contributed by atoms with Crippen molar-refractivity contribution in [1.29, 1.82) is 0 Å². The van der Waals surface area contributed by atoms with Crippen molar-refractivity contribution in [2.24, 2.45) is 0 Å². The van der Waals surface area contributed by atoms with Gasteiger partial charge in [-0.3, -0.25) is 4.90 Å². The van der Waals surface area contributed by atoms with Gasteiger partial charge in [0, 0.05) is 19.1 Å². The molecule has 2 heteroatoms. The molecular weight excluding hydrogens is 184 g/mol. The highest BCUT2D eigenvalue weighted by atomic mass is 15.1. The van der Waals surface area contributed by atoms with Crippen LogP contribution >= 0.6 is 0 Å². The van der Waals surface area contributed by atoms with Crippen molar-refractivity contribution in [3.63, 3.8) is 0 Å². The third-order valence-corrected chi connectivity index (χ3v) is 2.73. The normalized spacial score (nSPS) is 13.1. The maximum absolute atomic E-state index is 4.10. The molecule has 0 saturated carbocycles. The standard InChI is InChI=1S/C13H28N2/c1-6-8-13(4)15(5)11-12(3)10-14-9-7-2/h13-14H,3,6-11H2,1-2,4-5H3. The zero-order valence-electron chi connectivity index (χ0n) is 11.0. The zero-order chi connectivity index (χ0) is 11.7. The first-order valence-electron chi connectivity index (χ1n) is 6.19. The van der Waals surface area contributed by atoms with Gasteiger partial charge in [-0.15, -0.1) is 0 Å². The van der Waals surface area contributed by atoms with Gasteiger partial charge in [0.1, 0.15) is 0 Å². The molecule has 0 amide bonds. The van der Waals surface area contributed by atoms with Crippen molar-refractivity contribution in [3.8, 4) is 0 Å². The van der Waals surface area contributed by atoms with Crippen molar-refractivity contribution in [3.05, 3.63) is 12.2 Å². The van der Waals surface area contributed by atoms with Gasteiger partial charge in [0.15, 0.2) is 0 Å². The third kappa shape index (κ3) is 7.57. The Morgan fingerprint density at radius 2 is 2.00 bits per heavy atom. The molecule has 0 aliphatic rings. The fourth-order valence-electron chi connectivity index (χ4n) is 1.64. The summed E-state index contributed by atoms with van der Waals surface area (Å²) in [5, 5.41) is 3.38. The Bertz CT molecular complexity index is 166. The van der Waals surface area contributed by atoms with Gasteiger partial charge in [0.25, 0.3) is 0 Å². The second kappa shape index (κ2) is 8.93. The number of rotatable bonds is 9. The Balaban J connectivity index is 3.65. The van der Waals surface area contributed by atoms with E-state index < -0.39 is 0 Å². The van der Waals surface area contributed by atoms with Gasteiger partial charge < -0.3 is 5.32 Å². The average molecular weight is 212 g/mol. The minimum atomic E-state index is 0.665. The van der Waals surface area contributed by atoms with E-state index in [1.54, 1.807) is 0 Å². The van der Waals surface area contributed by atoms with Gasteiger partial charge in [0.2, 0.25) is 0 Å². The molecule has 2 nitrogen and oxygen atoms in total. The number of nitrogens with one attached hydrogen (secondary N) is 1. The summed E-state index contributed by atoms with van der Waals surface area (Å²) in [5.74, 6) is 0. The van der Waals surface area contributed by atoms with E-state index in [9.17, 15) is 0 Å². The van der Waals surface area contributed by atoms with Crippen molar-refractivity contribution in [2.45, 2.75) is 46.1 Å². The molecule has 0 aromatic heterocycles. The van der Waals surface area contributed by atoms with E-state index in [-0.39, 0.29) is 0 Å². The molecule has 90 valence electrons. The predicted octanol–water partition coefficient (Wildman–Crippen LogP) is 2.66. The molecule has 0 aliphatic carbocycles. The first kappa shape index (κ1) is 14.7. The lowest BCUT2D eigenvalue weighted by atomic mass is 10.1. The summed E-state index contributed by atoms with van der Waals surface area (Å²) < 4.78 is 0. The van der Waals surface area contributed by atoms with Crippen LogP contribution in [0.4, 0.5) is 0 Å². The van der Waals surface area contributed by atoms with Gasteiger partial charge in [0.05, 0.1) is 0 Å². The molecule has 0 bridgehead atoms. The third-order valence-electron chi connectivity index (χ3n) is 2.73. The van der Waals surface area contributed by atoms with Crippen molar-refractivity contribution in [1.82, 2.24) is 10.2 Å². The lowest BCUT2D eigenvalue weighted by Gasteiger charge is -2.25. The summed E-state index contributed by atoms with van der Waals surface area (Å²) in [7, 11) is 2.19. The molecule has 0 saturated heterocycles.